The Hall–Kier alpha value is -1.43. The predicted octanol–water partition coefficient (Wildman–Crippen LogP) is 2.29. The van der Waals surface area contributed by atoms with Crippen molar-refractivity contribution < 1.29 is 24.5 Å². The van der Waals surface area contributed by atoms with Crippen LogP contribution < -0.4 is 0 Å². The number of hydrogen-bond acceptors (Lipinski definition) is 5. The molecule has 2 heterocycles. The second-order valence-electron chi connectivity index (χ2n) is 8.30. The molecule has 0 unspecified atom stereocenters. The average Bonchev–Trinajstić information content (AvgIpc) is 3.25. The molecule has 5 heteroatoms. The molecule has 1 aliphatic carbocycles. The molecule has 0 bridgehead atoms. The fourth-order valence-electron chi connectivity index (χ4n) is 3.92. The molecule has 25 heavy (non-hydrogen) atoms. The smallest absolute Gasteiger partial charge is 0.334 e. The molecule has 0 aromatic rings. The van der Waals surface area contributed by atoms with Gasteiger partial charge in [-0.15, -0.1) is 0 Å². The van der Waals surface area contributed by atoms with Crippen molar-refractivity contribution in [1.82, 2.24) is 0 Å². The normalized spacial score (nSPS) is 40.8. The van der Waals surface area contributed by atoms with Crippen molar-refractivity contribution >= 4 is 5.97 Å². The fraction of sp³-hybridized carbons (Fsp3) is 0.650. The molecule has 5 nitrogen and oxygen atoms in total. The summed E-state index contributed by atoms with van der Waals surface area (Å²) in [5.74, 6) is -0.322. The van der Waals surface area contributed by atoms with Crippen molar-refractivity contribution in [2.45, 2.75) is 63.4 Å². The molecule has 3 rings (SSSR count). The molecule has 0 aromatic heterocycles. The lowest BCUT2D eigenvalue weighted by Crippen LogP contribution is -2.36. The molecule has 2 saturated heterocycles. The Morgan fingerprint density at radius 3 is 2.76 bits per heavy atom. The number of rotatable bonds is 2. The lowest BCUT2D eigenvalue weighted by atomic mass is 9.76. The van der Waals surface area contributed by atoms with Crippen LogP contribution in [-0.4, -0.2) is 46.2 Å². The fourth-order valence-corrected chi connectivity index (χ4v) is 3.92. The van der Waals surface area contributed by atoms with Crippen LogP contribution in [0.1, 0.15) is 40.0 Å². The van der Waals surface area contributed by atoms with E-state index in [2.05, 4.69) is 6.58 Å². The first-order valence-electron chi connectivity index (χ1n) is 8.93. The zero-order valence-electron chi connectivity index (χ0n) is 15.2. The highest BCUT2D eigenvalue weighted by Gasteiger charge is 2.53. The second kappa shape index (κ2) is 6.38. The molecule has 3 aliphatic rings. The van der Waals surface area contributed by atoms with E-state index in [0.717, 1.165) is 5.57 Å². The van der Waals surface area contributed by atoms with Gasteiger partial charge in [0.1, 0.15) is 6.10 Å². The number of aliphatic hydroxyl groups is 2. The molecule has 138 valence electrons. The van der Waals surface area contributed by atoms with E-state index >= 15 is 0 Å². The van der Waals surface area contributed by atoms with Gasteiger partial charge < -0.3 is 19.7 Å². The Bertz CT molecular complexity index is 622. The van der Waals surface area contributed by atoms with E-state index in [1.54, 1.807) is 39.0 Å². The van der Waals surface area contributed by atoms with E-state index in [1.807, 2.05) is 0 Å². The van der Waals surface area contributed by atoms with Crippen LogP contribution >= 0.6 is 0 Å². The lowest BCUT2D eigenvalue weighted by Gasteiger charge is -2.35. The monoisotopic (exact) mass is 348 g/mol. The third kappa shape index (κ3) is 4.05. The summed E-state index contributed by atoms with van der Waals surface area (Å²) in [5, 5.41) is 20.5. The first-order chi connectivity index (χ1) is 11.6. The van der Waals surface area contributed by atoms with Gasteiger partial charge in [-0.25, -0.2) is 4.79 Å². The summed E-state index contributed by atoms with van der Waals surface area (Å²) >= 11 is 0. The third-order valence-corrected chi connectivity index (χ3v) is 5.44. The van der Waals surface area contributed by atoms with E-state index in [-0.39, 0.29) is 30.0 Å². The van der Waals surface area contributed by atoms with Gasteiger partial charge in [0.05, 0.1) is 23.9 Å². The Morgan fingerprint density at radius 2 is 2.08 bits per heavy atom. The minimum atomic E-state index is -0.945. The molecule has 0 radical (unpaired) electrons. The molecule has 1 saturated carbocycles. The standard InChI is InChI=1S/C20H28O5/c1-12-10-16-17(25-16)20(4,23)9-7-13-14(6-5-8-19(2,3)22)18(21)24-11-15(12)13/h5-6,8,13,15-17,22-23H,1,7,9-11H2,2-4H3/b8-5+,14-6-/t13-,15+,16-,17-,20+/m1/s1. The van der Waals surface area contributed by atoms with E-state index in [0.29, 0.717) is 31.4 Å². The van der Waals surface area contributed by atoms with E-state index in [1.165, 1.54) is 0 Å². The quantitative estimate of drug-likeness (QED) is 0.346. The van der Waals surface area contributed by atoms with Gasteiger partial charge in [0.25, 0.3) is 0 Å². The number of esters is 1. The van der Waals surface area contributed by atoms with E-state index in [4.69, 9.17) is 9.47 Å². The number of cyclic esters (lactones) is 1. The summed E-state index contributed by atoms with van der Waals surface area (Å²) in [6.45, 7) is 9.69. The zero-order chi connectivity index (χ0) is 18.4. The maximum atomic E-state index is 12.3. The largest absolute Gasteiger partial charge is 0.462 e. The molecular formula is C20H28O5. The van der Waals surface area contributed by atoms with Crippen LogP contribution in [0, 0.1) is 11.8 Å². The van der Waals surface area contributed by atoms with Gasteiger partial charge in [0.2, 0.25) is 0 Å². The Labute approximate surface area is 149 Å². The van der Waals surface area contributed by atoms with Crippen molar-refractivity contribution in [3.05, 3.63) is 36.0 Å². The van der Waals surface area contributed by atoms with Gasteiger partial charge in [0.15, 0.2) is 0 Å². The van der Waals surface area contributed by atoms with Crippen LogP contribution in [0.2, 0.25) is 0 Å². The van der Waals surface area contributed by atoms with Crippen molar-refractivity contribution in [3.8, 4) is 0 Å². The van der Waals surface area contributed by atoms with Crippen molar-refractivity contribution in [1.29, 1.82) is 0 Å². The van der Waals surface area contributed by atoms with Crippen LogP contribution in [-0.2, 0) is 14.3 Å². The Balaban J connectivity index is 1.88. The number of hydrogen-bond donors (Lipinski definition) is 2. The summed E-state index contributed by atoms with van der Waals surface area (Å²) in [4.78, 5) is 12.3. The van der Waals surface area contributed by atoms with Crippen molar-refractivity contribution in [2.24, 2.45) is 11.8 Å². The van der Waals surface area contributed by atoms with Gasteiger partial charge in [-0.1, -0.05) is 30.4 Å². The van der Waals surface area contributed by atoms with Crippen LogP contribution in [0.3, 0.4) is 0 Å². The molecule has 3 fully saturated rings. The minimum Gasteiger partial charge on any atom is -0.462 e. The summed E-state index contributed by atoms with van der Waals surface area (Å²) in [7, 11) is 0. The molecular weight excluding hydrogens is 320 g/mol. The third-order valence-electron chi connectivity index (χ3n) is 5.44. The van der Waals surface area contributed by atoms with Crippen molar-refractivity contribution in [2.75, 3.05) is 6.61 Å². The molecule has 0 spiro atoms. The van der Waals surface area contributed by atoms with E-state index < -0.39 is 11.2 Å². The SMILES string of the molecule is C=C1C[C@H]2O[C@H]2[C@@](C)(O)CC[C@@H]2/C(=C/C=C/C(C)(C)O)C(=O)OC[C@@H]12. The molecule has 0 amide bonds. The topological polar surface area (TPSA) is 79.3 Å². The number of ether oxygens (including phenoxy) is 2. The van der Waals surface area contributed by atoms with Gasteiger partial charge in [-0.2, -0.15) is 0 Å². The lowest BCUT2D eigenvalue weighted by molar-refractivity contribution is -0.145. The minimum absolute atomic E-state index is 0.0152. The molecule has 0 aromatic carbocycles. The second-order valence-corrected chi connectivity index (χ2v) is 8.30. The average molecular weight is 348 g/mol. The van der Waals surface area contributed by atoms with Crippen LogP contribution in [0.5, 0.6) is 0 Å². The zero-order valence-corrected chi connectivity index (χ0v) is 15.2. The predicted molar refractivity (Wildman–Crippen MR) is 93.7 cm³/mol. The number of epoxide rings is 1. The number of carbonyl (C=O) groups excluding carboxylic acids is 1. The van der Waals surface area contributed by atoms with Gasteiger partial charge in [-0.05, 0) is 40.0 Å². The maximum absolute atomic E-state index is 12.3. The molecule has 2 N–H and O–H groups in total. The molecule has 5 atom stereocenters. The van der Waals surface area contributed by atoms with Gasteiger partial charge in [-0.3, -0.25) is 0 Å². The van der Waals surface area contributed by atoms with E-state index in [9.17, 15) is 15.0 Å². The summed E-state index contributed by atoms with van der Waals surface area (Å²) in [5.41, 5.74) is -0.237. The van der Waals surface area contributed by atoms with Gasteiger partial charge >= 0.3 is 5.97 Å². The summed E-state index contributed by atoms with van der Waals surface area (Å²) in [6, 6.07) is 0. The highest BCUT2D eigenvalue weighted by atomic mass is 16.6. The Morgan fingerprint density at radius 1 is 1.36 bits per heavy atom. The highest BCUT2D eigenvalue weighted by Crippen LogP contribution is 2.46. The van der Waals surface area contributed by atoms with Gasteiger partial charge in [0, 0.05) is 17.4 Å². The molecule has 2 aliphatic heterocycles. The maximum Gasteiger partial charge on any atom is 0.334 e. The Kier molecular flexibility index (Phi) is 4.69. The number of carbonyl (C=O) groups is 1. The first kappa shape index (κ1) is 18.4. The van der Waals surface area contributed by atoms with Crippen LogP contribution in [0.15, 0.2) is 36.0 Å². The van der Waals surface area contributed by atoms with Crippen LogP contribution in [0.4, 0.5) is 0 Å². The first-order valence-corrected chi connectivity index (χ1v) is 8.93. The number of fused-ring (bicyclic) bond motifs is 2. The van der Waals surface area contributed by atoms with Crippen molar-refractivity contribution in [3.63, 3.8) is 0 Å². The summed E-state index contributed by atoms with van der Waals surface area (Å²) in [6.07, 6.45) is 6.85. The number of allylic oxidation sites excluding steroid dienone is 2. The van der Waals surface area contributed by atoms with Crippen LogP contribution in [0.25, 0.3) is 0 Å². The highest BCUT2D eigenvalue weighted by molar-refractivity contribution is 5.90. The summed E-state index contributed by atoms with van der Waals surface area (Å²) < 4.78 is 11.0.